The summed E-state index contributed by atoms with van der Waals surface area (Å²) in [6.45, 7) is 1.88. The molecule has 2 aromatic carbocycles. The number of carbonyl (C=O) groups excluding carboxylic acids is 1. The van der Waals surface area contributed by atoms with Crippen molar-refractivity contribution < 1.29 is 23.1 Å². The number of piperazine rings is 1. The van der Waals surface area contributed by atoms with Crippen LogP contribution < -0.4 is 10.2 Å². The molecule has 2 aromatic rings. The lowest BCUT2D eigenvalue weighted by atomic mass is 10.1. The molecule has 0 spiro atoms. The standard InChI is InChI=1S/C22H26F3N3O2/c23-22(24,25)18-8-4-5-9-19(18)27-11-13-28(14-12-27)20(10-15-29)21(30)26-16-17-6-2-1-3-7-17/h1-9,20,29H,10-16H2,(H,26,30). The first-order valence-corrected chi connectivity index (χ1v) is 9.98. The topological polar surface area (TPSA) is 55.8 Å². The smallest absolute Gasteiger partial charge is 0.396 e. The highest BCUT2D eigenvalue weighted by Crippen LogP contribution is 2.36. The second kappa shape index (κ2) is 9.95. The van der Waals surface area contributed by atoms with Crippen LogP contribution in [0.2, 0.25) is 0 Å². The molecule has 1 aliphatic heterocycles. The lowest BCUT2D eigenvalue weighted by Crippen LogP contribution is -2.55. The van der Waals surface area contributed by atoms with E-state index < -0.39 is 17.8 Å². The summed E-state index contributed by atoms with van der Waals surface area (Å²) in [5, 5.41) is 12.3. The largest absolute Gasteiger partial charge is 0.418 e. The van der Waals surface area contributed by atoms with E-state index in [9.17, 15) is 23.1 Å². The highest BCUT2D eigenvalue weighted by atomic mass is 19.4. The highest BCUT2D eigenvalue weighted by molar-refractivity contribution is 5.81. The van der Waals surface area contributed by atoms with Crippen LogP contribution in [-0.4, -0.2) is 54.7 Å². The molecular weight excluding hydrogens is 395 g/mol. The maximum atomic E-state index is 13.3. The molecule has 1 amide bonds. The molecule has 1 saturated heterocycles. The lowest BCUT2D eigenvalue weighted by molar-refractivity contribution is -0.137. The molecule has 162 valence electrons. The summed E-state index contributed by atoms with van der Waals surface area (Å²) in [5.74, 6) is -0.183. The Morgan fingerprint density at radius 1 is 1.00 bits per heavy atom. The quantitative estimate of drug-likeness (QED) is 0.722. The molecule has 30 heavy (non-hydrogen) atoms. The van der Waals surface area contributed by atoms with Crippen LogP contribution in [0.15, 0.2) is 54.6 Å². The summed E-state index contributed by atoms with van der Waals surface area (Å²) in [4.78, 5) is 16.4. The summed E-state index contributed by atoms with van der Waals surface area (Å²) in [6, 6.07) is 14.6. The molecule has 1 fully saturated rings. The number of nitrogens with zero attached hydrogens (tertiary/aromatic N) is 2. The Balaban J connectivity index is 1.62. The van der Waals surface area contributed by atoms with E-state index in [1.54, 1.807) is 11.0 Å². The van der Waals surface area contributed by atoms with Gasteiger partial charge in [0.05, 0.1) is 11.6 Å². The van der Waals surface area contributed by atoms with Gasteiger partial charge in [0.2, 0.25) is 5.91 Å². The maximum Gasteiger partial charge on any atom is 0.418 e. The van der Waals surface area contributed by atoms with Gasteiger partial charge in [0.1, 0.15) is 0 Å². The van der Waals surface area contributed by atoms with Crippen LogP contribution >= 0.6 is 0 Å². The van der Waals surface area contributed by atoms with Gasteiger partial charge < -0.3 is 15.3 Å². The number of carbonyl (C=O) groups is 1. The first-order valence-electron chi connectivity index (χ1n) is 9.98. The summed E-state index contributed by atoms with van der Waals surface area (Å²) in [7, 11) is 0. The fourth-order valence-corrected chi connectivity index (χ4v) is 3.77. The minimum Gasteiger partial charge on any atom is -0.396 e. The number of hydrogen-bond acceptors (Lipinski definition) is 4. The van der Waals surface area contributed by atoms with E-state index in [1.165, 1.54) is 12.1 Å². The van der Waals surface area contributed by atoms with Gasteiger partial charge in [0.15, 0.2) is 0 Å². The number of para-hydroxylation sites is 1. The number of aliphatic hydroxyl groups is 1. The molecule has 3 rings (SSSR count). The number of alkyl halides is 3. The van der Waals surface area contributed by atoms with Gasteiger partial charge >= 0.3 is 6.18 Å². The van der Waals surface area contributed by atoms with Gasteiger partial charge in [-0.25, -0.2) is 0 Å². The molecule has 1 unspecified atom stereocenters. The van der Waals surface area contributed by atoms with Crippen molar-refractivity contribution in [2.75, 3.05) is 37.7 Å². The van der Waals surface area contributed by atoms with Crippen molar-refractivity contribution in [1.82, 2.24) is 10.2 Å². The zero-order chi connectivity index (χ0) is 21.6. The van der Waals surface area contributed by atoms with Gasteiger partial charge in [0, 0.05) is 45.0 Å². The third kappa shape index (κ3) is 5.52. The Morgan fingerprint density at radius 2 is 1.63 bits per heavy atom. The zero-order valence-corrected chi connectivity index (χ0v) is 16.6. The number of nitrogens with one attached hydrogen (secondary N) is 1. The molecule has 0 aliphatic carbocycles. The molecule has 0 bridgehead atoms. The van der Waals surface area contributed by atoms with Crippen molar-refractivity contribution in [3.05, 3.63) is 65.7 Å². The Kier molecular flexibility index (Phi) is 7.33. The predicted octanol–water partition coefficient (Wildman–Crippen LogP) is 2.89. The predicted molar refractivity (Wildman–Crippen MR) is 109 cm³/mol. The van der Waals surface area contributed by atoms with Gasteiger partial charge in [-0.15, -0.1) is 0 Å². The minimum atomic E-state index is -4.41. The van der Waals surface area contributed by atoms with E-state index in [4.69, 9.17) is 0 Å². The third-order valence-electron chi connectivity index (χ3n) is 5.32. The Labute approximate surface area is 174 Å². The zero-order valence-electron chi connectivity index (χ0n) is 16.6. The molecule has 1 aliphatic rings. The normalized spacial score (nSPS) is 16.3. The monoisotopic (exact) mass is 421 g/mol. The average molecular weight is 421 g/mol. The van der Waals surface area contributed by atoms with E-state index >= 15 is 0 Å². The van der Waals surface area contributed by atoms with E-state index in [0.717, 1.165) is 11.6 Å². The van der Waals surface area contributed by atoms with Crippen LogP contribution in [0.3, 0.4) is 0 Å². The molecule has 1 heterocycles. The Hall–Kier alpha value is -2.58. The van der Waals surface area contributed by atoms with Gasteiger partial charge in [-0.2, -0.15) is 13.2 Å². The van der Waals surface area contributed by atoms with E-state index in [1.807, 2.05) is 35.2 Å². The molecule has 1 atom stereocenters. The van der Waals surface area contributed by atoms with Crippen LogP contribution in [0, 0.1) is 0 Å². The third-order valence-corrected chi connectivity index (χ3v) is 5.32. The lowest BCUT2D eigenvalue weighted by Gasteiger charge is -2.40. The van der Waals surface area contributed by atoms with Crippen molar-refractivity contribution in [1.29, 1.82) is 0 Å². The molecular formula is C22H26F3N3O2. The summed E-state index contributed by atoms with van der Waals surface area (Å²) in [5.41, 5.74) is 0.491. The number of aliphatic hydroxyl groups excluding tert-OH is 1. The van der Waals surface area contributed by atoms with E-state index in [0.29, 0.717) is 32.7 Å². The van der Waals surface area contributed by atoms with Crippen LogP contribution in [-0.2, 0) is 17.5 Å². The van der Waals surface area contributed by atoms with Gasteiger partial charge in [0.25, 0.3) is 0 Å². The van der Waals surface area contributed by atoms with Crippen molar-refractivity contribution in [2.24, 2.45) is 0 Å². The number of benzene rings is 2. The molecule has 2 N–H and O–H groups in total. The van der Waals surface area contributed by atoms with Crippen LogP contribution in [0.1, 0.15) is 17.5 Å². The Bertz CT molecular complexity index is 822. The maximum absolute atomic E-state index is 13.3. The molecule has 8 heteroatoms. The SMILES string of the molecule is O=C(NCc1ccccc1)C(CCO)N1CCN(c2ccccc2C(F)(F)F)CC1. The van der Waals surface area contributed by atoms with Gasteiger partial charge in [-0.1, -0.05) is 42.5 Å². The van der Waals surface area contributed by atoms with Gasteiger partial charge in [-0.05, 0) is 24.1 Å². The summed E-state index contributed by atoms with van der Waals surface area (Å²) in [6.07, 6.45) is -4.13. The molecule has 0 saturated carbocycles. The fraction of sp³-hybridized carbons (Fsp3) is 0.409. The highest BCUT2D eigenvalue weighted by Gasteiger charge is 2.36. The number of amides is 1. The Morgan fingerprint density at radius 3 is 2.27 bits per heavy atom. The van der Waals surface area contributed by atoms with E-state index in [2.05, 4.69) is 5.32 Å². The van der Waals surface area contributed by atoms with Crippen molar-refractivity contribution in [2.45, 2.75) is 25.2 Å². The van der Waals surface area contributed by atoms with Crippen LogP contribution in [0.5, 0.6) is 0 Å². The van der Waals surface area contributed by atoms with Gasteiger partial charge in [-0.3, -0.25) is 9.69 Å². The average Bonchev–Trinajstić information content (AvgIpc) is 2.76. The van der Waals surface area contributed by atoms with Crippen LogP contribution in [0.4, 0.5) is 18.9 Å². The number of anilines is 1. The number of hydrogen-bond donors (Lipinski definition) is 2. The number of rotatable bonds is 7. The molecule has 0 aromatic heterocycles. The van der Waals surface area contributed by atoms with Crippen molar-refractivity contribution in [3.63, 3.8) is 0 Å². The number of halogens is 3. The minimum absolute atomic E-state index is 0.138. The van der Waals surface area contributed by atoms with E-state index in [-0.39, 0.29) is 24.6 Å². The summed E-state index contributed by atoms with van der Waals surface area (Å²) >= 11 is 0. The first-order chi connectivity index (χ1) is 14.4. The van der Waals surface area contributed by atoms with Crippen molar-refractivity contribution >= 4 is 11.6 Å². The second-order valence-corrected chi connectivity index (χ2v) is 7.27. The first kappa shape index (κ1) is 22.1. The molecule has 5 nitrogen and oxygen atoms in total. The summed E-state index contributed by atoms with van der Waals surface area (Å²) < 4.78 is 40.0. The molecule has 0 radical (unpaired) electrons. The second-order valence-electron chi connectivity index (χ2n) is 7.27. The van der Waals surface area contributed by atoms with Crippen LogP contribution in [0.25, 0.3) is 0 Å². The fourth-order valence-electron chi connectivity index (χ4n) is 3.77. The van der Waals surface area contributed by atoms with Crippen molar-refractivity contribution in [3.8, 4) is 0 Å².